The number of hydrogen-bond donors (Lipinski definition) is 1. The van der Waals surface area contributed by atoms with E-state index in [1.54, 1.807) is 18.2 Å². The van der Waals surface area contributed by atoms with Gasteiger partial charge in [0, 0.05) is 17.8 Å². The van der Waals surface area contributed by atoms with Gasteiger partial charge in [0.05, 0.1) is 0 Å². The molecule has 6 nitrogen and oxygen atoms in total. The van der Waals surface area contributed by atoms with Gasteiger partial charge in [0.15, 0.2) is 11.5 Å². The second-order valence-corrected chi connectivity index (χ2v) is 9.48. The maximum absolute atomic E-state index is 14.3. The van der Waals surface area contributed by atoms with Crippen LogP contribution in [0.3, 0.4) is 0 Å². The molecular weight excluding hydrogens is 495 g/mol. The minimum atomic E-state index is -1.07. The van der Waals surface area contributed by atoms with Crippen molar-refractivity contribution in [3.05, 3.63) is 125 Å². The molecule has 1 unspecified atom stereocenters. The summed E-state index contributed by atoms with van der Waals surface area (Å²) < 4.78 is 25.3. The first-order chi connectivity index (χ1) is 18.9. The van der Waals surface area contributed by atoms with Crippen molar-refractivity contribution in [3.8, 4) is 11.5 Å². The van der Waals surface area contributed by atoms with Crippen molar-refractivity contribution >= 4 is 17.5 Å². The number of nitrogens with one attached hydrogen (secondary N) is 1. The summed E-state index contributed by atoms with van der Waals surface area (Å²) in [6, 6.07) is 24.8. The highest BCUT2D eigenvalue weighted by molar-refractivity contribution is 6.10. The lowest BCUT2D eigenvalue weighted by atomic mass is 9.99. The van der Waals surface area contributed by atoms with Gasteiger partial charge in [-0.15, -0.1) is 0 Å². The molecule has 7 heteroatoms. The number of hydrogen-bond acceptors (Lipinski definition) is 4. The number of benzene rings is 4. The molecule has 1 aliphatic heterocycles. The molecule has 39 heavy (non-hydrogen) atoms. The number of amides is 2. The predicted molar refractivity (Wildman–Crippen MR) is 148 cm³/mol. The molecule has 1 aliphatic rings. The Morgan fingerprint density at radius 1 is 0.872 bits per heavy atom. The van der Waals surface area contributed by atoms with E-state index < -0.39 is 23.7 Å². The molecule has 0 bridgehead atoms. The third-order valence-electron chi connectivity index (χ3n) is 6.62. The van der Waals surface area contributed by atoms with Crippen LogP contribution in [-0.2, 0) is 11.3 Å². The Bertz CT molecular complexity index is 1490. The van der Waals surface area contributed by atoms with E-state index in [0.717, 1.165) is 16.7 Å². The van der Waals surface area contributed by atoms with Crippen LogP contribution in [0.1, 0.15) is 38.7 Å². The van der Waals surface area contributed by atoms with E-state index in [-0.39, 0.29) is 6.54 Å². The Balaban J connectivity index is 1.60. The van der Waals surface area contributed by atoms with Crippen molar-refractivity contribution in [2.45, 2.75) is 26.4 Å². The van der Waals surface area contributed by atoms with Crippen LogP contribution in [0, 0.1) is 19.7 Å². The highest BCUT2D eigenvalue weighted by Gasteiger charge is 2.34. The molecular formula is C32H29FN2O4. The van der Waals surface area contributed by atoms with Gasteiger partial charge in [-0.05, 0) is 66.9 Å². The molecule has 0 saturated heterocycles. The zero-order valence-corrected chi connectivity index (χ0v) is 21.8. The largest absolute Gasteiger partial charge is 0.486 e. The topological polar surface area (TPSA) is 67.9 Å². The zero-order chi connectivity index (χ0) is 27.4. The first-order valence-corrected chi connectivity index (χ1v) is 12.8. The standard InChI is InChI=1S/C32H29FN2O4/c1-21-8-14-27(22(2)18-21)35(32(37)25-11-15-28-29(19-25)39-17-16-38-28)30(24-9-12-26(33)13-10-24)31(36)34-20-23-6-4-3-5-7-23/h3-15,18-19,30H,16-17,20H2,1-2H3,(H,34,36). The molecule has 1 heterocycles. The molecule has 198 valence electrons. The summed E-state index contributed by atoms with van der Waals surface area (Å²) in [5.41, 5.74) is 4.15. The molecule has 2 amide bonds. The van der Waals surface area contributed by atoms with Crippen molar-refractivity contribution in [2.24, 2.45) is 0 Å². The zero-order valence-electron chi connectivity index (χ0n) is 21.8. The van der Waals surface area contributed by atoms with E-state index in [2.05, 4.69) is 5.32 Å². The smallest absolute Gasteiger partial charge is 0.259 e. The fraction of sp³-hybridized carbons (Fsp3) is 0.188. The quantitative estimate of drug-likeness (QED) is 0.326. The summed E-state index contributed by atoms with van der Waals surface area (Å²) >= 11 is 0. The van der Waals surface area contributed by atoms with Crippen molar-refractivity contribution in [2.75, 3.05) is 18.1 Å². The van der Waals surface area contributed by atoms with E-state index in [1.807, 2.05) is 62.4 Å². The predicted octanol–water partition coefficient (Wildman–Crippen LogP) is 5.92. The number of rotatable bonds is 7. The van der Waals surface area contributed by atoms with Gasteiger partial charge in [0.2, 0.25) is 5.91 Å². The van der Waals surface area contributed by atoms with Crippen molar-refractivity contribution in [3.63, 3.8) is 0 Å². The van der Waals surface area contributed by atoms with Gasteiger partial charge in [-0.3, -0.25) is 14.5 Å². The second-order valence-electron chi connectivity index (χ2n) is 9.48. The molecule has 0 radical (unpaired) electrons. The maximum Gasteiger partial charge on any atom is 0.259 e. The van der Waals surface area contributed by atoms with E-state index in [0.29, 0.717) is 41.5 Å². The molecule has 0 saturated carbocycles. The minimum Gasteiger partial charge on any atom is -0.486 e. The summed E-state index contributed by atoms with van der Waals surface area (Å²) in [5, 5.41) is 2.98. The van der Waals surface area contributed by atoms with Crippen LogP contribution in [0.5, 0.6) is 11.5 Å². The number of anilines is 1. The average Bonchev–Trinajstić information content (AvgIpc) is 2.96. The lowest BCUT2D eigenvalue weighted by Crippen LogP contribution is -2.44. The SMILES string of the molecule is Cc1ccc(N(C(=O)c2ccc3c(c2)OCCO3)C(C(=O)NCc2ccccc2)c2ccc(F)cc2)c(C)c1. The Morgan fingerprint density at radius 3 is 2.31 bits per heavy atom. The minimum absolute atomic E-state index is 0.274. The van der Waals surface area contributed by atoms with E-state index in [9.17, 15) is 14.0 Å². The first-order valence-electron chi connectivity index (χ1n) is 12.8. The lowest BCUT2D eigenvalue weighted by Gasteiger charge is -2.33. The Hall–Kier alpha value is -4.65. The van der Waals surface area contributed by atoms with Crippen LogP contribution in [0.25, 0.3) is 0 Å². The number of ether oxygens (including phenoxy) is 2. The monoisotopic (exact) mass is 524 g/mol. The lowest BCUT2D eigenvalue weighted by molar-refractivity contribution is -0.122. The van der Waals surface area contributed by atoms with Gasteiger partial charge in [-0.2, -0.15) is 0 Å². The molecule has 5 rings (SSSR count). The molecule has 0 aliphatic carbocycles. The van der Waals surface area contributed by atoms with Crippen molar-refractivity contribution in [1.29, 1.82) is 0 Å². The number of nitrogens with zero attached hydrogens (tertiary/aromatic N) is 1. The fourth-order valence-corrected chi connectivity index (χ4v) is 4.70. The van der Waals surface area contributed by atoms with Crippen LogP contribution in [-0.4, -0.2) is 25.0 Å². The third-order valence-corrected chi connectivity index (χ3v) is 6.62. The normalized spacial score (nSPS) is 12.9. The third kappa shape index (κ3) is 5.77. The highest BCUT2D eigenvalue weighted by Crippen LogP contribution is 2.36. The summed E-state index contributed by atoms with van der Waals surface area (Å²) in [6.07, 6.45) is 0. The van der Waals surface area contributed by atoms with Crippen LogP contribution in [0.4, 0.5) is 10.1 Å². The van der Waals surface area contributed by atoms with Gasteiger partial charge >= 0.3 is 0 Å². The van der Waals surface area contributed by atoms with Gasteiger partial charge in [-0.25, -0.2) is 4.39 Å². The van der Waals surface area contributed by atoms with E-state index in [1.165, 1.54) is 29.2 Å². The Morgan fingerprint density at radius 2 is 1.59 bits per heavy atom. The number of fused-ring (bicyclic) bond motifs is 1. The van der Waals surface area contributed by atoms with Crippen molar-refractivity contribution < 1.29 is 23.5 Å². The van der Waals surface area contributed by atoms with Crippen molar-refractivity contribution in [1.82, 2.24) is 5.32 Å². The maximum atomic E-state index is 14.3. The summed E-state index contributed by atoms with van der Waals surface area (Å²) in [5.74, 6) is -0.191. The molecule has 0 aromatic heterocycles. The second kappa shape index (κ2) is 11.4. The van der Waals surface area contributed by atoms with Gasteiger partial charge in [-0.1, -0.05) is 60.2 Å². The van der Waals surface area contributed by atoms with Crippen LogP contribution >= 0.6 is 0 Å². The van der Waals surface area contributed by atoms with Gasteiger partial charge in [0.25, 0.3) is 5.91 Å². The molecule has 1 N–H and O–H groups in total. The van der Waals surface area contributed by atoms with E-state index in [4.69, 9.17) is 9.47 Å². The Kier molecular flexibility index (Phi) is 7.59. The molecule has 0 spiro atoms. The summed E-state index contributed by atoms with van der Waals surface area (Å²) in [6.45, 7) is 4.95. The van der Waals surface area contributed by atoms with E-state index >= 15 is 0 Å². The summed E-state index contributed by atoms with van der Waals surface area (Å²) in [4.78, 5) is 29.7. The number of halogens is 1. The molecule has 1 atom stereocenters. The molecule has 0 fully saturated rings. The van der Waals surface area contributed by atoms with Crippen LogP contribution < -0.4 is 19.7 Å². The molecule has 4 aromatic rings. The fourth-order valence-electron chi connectivity index (χ4n) is 4.70. The number of aryl methyl sites for hydroxylation is 2. The highest BCUT2D eigenvalue weighted by atomic mass is 19.1. The summed E-state index contributed by atoms with van der Waals surface area (Å²) in [7, 11) is 0. The number of carbonyl (C=O) groups excluding carboxylic acids is 2. The van der Waals surface area contributed by atoms with Gasteiger partial charge < -0.3 is 14.8 Å². The first kappa shape index (κ1) is 26.0. The number of carbonyl (C=O) groups is 2. The van der Waals surface area contributed by atoms with Gasteiger partial charge in [0.1, 0.15) is 25.1 Å². The Labute approximate surface area is 227 Å². The molecule has 4 aromatic carbocycles. The van der Waals surface area contributed by atoms with Crippen LogP contribution in [0.2, 0.25) is 0 Å². The van der Waals surface area contributed by atoms with Crippen LogP contribution in [0.15, 0.2) is 91.0 Å². The average molecular weight is 525 g/mol.